The molecule has 2 rings (SSSR count). The second-order valence-electron chi connectivity index (χ2n) is 6.57. The van der Waals surface area contributed by atoms with Gasteiger partial charge in [-0.3, -0.25) is 9.69 Å². The van der Waals surface area contributed by atoms with Crippen LogP contribution in [-0.4, -0.2) is 59.8 Å². The number of aliphatic carboxylic acids is 1. The van der Waals surface area contributed by atoms with Crippen LogP contribution in [0.1, 0.15) is 26.7 Å². The molecule has 0 saturated heterocycles. The summed E-state index contributed by atoms with van der Waals surface area (Å²) in [6.07, 6.45) is 1.48. The summed E-state index contributed by atoms with van der Waals surface area (Å²) >= 11 is 0. The minimum absolute atomic E-state index is 0.0224. The molecule has 0 aliphatic heterocycles. The van der Waals surface area contributed by atoms with Crippen molar-refractivity contribution in [2.24, 2.45) is 0 Å². The summed E-state index contributed by atoms with van der Waals surface area (Å²) in [5.74, 6) is -0.795. The van der Waals surface area contributed by atoms with Gasteiger partial charge in [0, 0.05) is 18.2 Å². The molecule has 0 spiro atoms. The summed E-state index contributed by atoms with van der Waals surface area (Å²) in [6, 6.07) is 5.54. The molecule has 1 saturated carbocycles. The zero-order chi connectivity index (χ0) is 19.1. The van der Waals surface area contributed by atoms with Crippen molar-refractivity contribution in [3.8, 4) is 5.75 Å². The molecule has 26 heavy (non-hydrogen) atoms. The molecule has 1 aliphatic carbocycles. The first-order valence-electron chi connectivity index (χ1n) is 8.78. The number of amides is 2. The Balaban J connectivity index is 1.65. The molecule has 2 amide bonds. The van der Waals surface area contributed by atoms with Crippen LogP contribution in [0.15, 0.2) is 24.3 Å². The molecule has 8 heteroatoms. The van der Waals surface area contributed by atoms with E-state index in [1.807, 2.05) is 11.8 Å². The number of rotatable bonds is 9. The van der Waals surface area contributed by atoms with Gasteiger partial charge < -0.3 is 20.5 Å². The van der Waals surface area contributed by atoms with Crippen molar-refractivity contribution in [1.82, 2.24) is 15.5 Å². The number of likely N-dealkylation sites (N-methyl/N-ethyl adjacent to an activating group) is 1. The fourth-order valence-corrected chi connectivity index (χ4v) is 2.95. The number of carbonyl (C=O) groups excluding carboxylic acids is 1. The number of urea groups is 1. The van der Waals surface area contributed by atoms with Crippen molar-refractivity contribution in [1.29, 1.82) is 0 Å². The lowest BCUT2D eigenvalue weighted by Gasteiger charge is -2.42. The smallest absolute Gasteiger partial charge is 0.317 e. The third kappa shape index (κ3) is 6.18. The largest absolute Gasteiger partial charge is 0.491 e. The summed E-state index contributed by atoms with van der Waals surface area (Å²) in [5.41, 5.74) is 0. The third-order valence-corrected chi connectivity index (χ3v) is 4.38. The van der Waals surface area contributed by atoms with E-state index in [1.54, 1.807) is 19.1 Å². The lowest BCUT2D eigenvalue weighted by Crippen LogP contribution is -2.57. The average molecular weight is 367 g/mol. The van der Waals surface area contributed by atoms with Gasteiger partial charge in [0.25, 0.3) is 0 Å². The predicted octanol–water partition coefficient (Wildman–Crippen LogP) is 1.83. The van der Waals surface area contributed by atoms with Gasteiger partial charge in [0.1, 0.15) is 18.2 Å². The molecular formula is C18H26FN3O4. The summed E-state index contributed by atoms with van der Waals surface area (Å²) in [6.45, 7) is 4.65. The van der Waals surface area contributed by atoms with Crippen molar-refractivity contribution >= 4 is 12.0 Å². The molecule has 0 heterocycles. The number of hydrogen-bond acceptors (Lipinski definition) is 4. The maximum Gasteiger partial charge on any atom is 0.317 e. The highest BCUT2D eigenvalue weighted by molar-refractivity contribution is 5.74. The number of halogens is 1. The topological polar surface area (TPSA) is 90.9 Å². The highest BCUT2D eigenvalue weighted by atomic mass is 19.1. The van der Waals surface area contributed by atoms with Crippen molar-refractivity contribution < 1.29 is 23.8 Å². The lowest BCUT2D eigenvalue weighted by molar-refractivity contribution is -0.139. The number of ether oxygens (including phenoxy) is 1. The molecule has 1 aromatic carbocycles. The first kappa shape index (κ1) is 20.0. The van der Waals surface area contributed by atoms with Gasteiger partial charge in [-0.2, -0.15) is 0 Å². The summed E-state index contributed by atoms with van der Waals surface area (Å²) < 4.78 is 18.5. The molecule has 0 bridgehead atoms. The van der Waals surface area contributed by atoms with E-state index in [9.17, 15) is 14.0 Å². The van der Waals surface area contributed by atoms with E-state index >= 15 is 0 Å². The maximum absolute atomic E-state index is 13.1. The second kappa shape index (κ2) is 9.38. The van der Waals surface area contributed by atoms with Gasteiger partial charge in [0.2, 0.25) is 0 Å². The van der Waals surface area contributed by atoms with Crippen LogP contribution in [0.5, 0.6) is 5.75 Å². The van der Waals surface area contributed by atoms with Gasteiger partial charge in [0.15, 0.2) is 0 Å². The van der Waals surface area contributed by atoms with E-state index in [0.29, 0.717) is 12.3 Å². The number of benzene rings is 1. The van der Waals surface area contributed by atoms with Crippen molar-refractivity contribution in [3.05, 3.63) is 30.1 Å². The molecule has 3 N–H and O–H groups in total. The normalized spacial score (nSPS) is 20.2. The Kier molecular flexibility index (Phi) is 7.20. The molecule has 1 aromatic rings. The van der Waals surface area contributed by atoms with Crippen molar-refractivity contribution in [2.45, 2.75) is 44.8 Å². The zero-order valence-corrected chi connectivity index (χ0v) is 15.1. The van der Waals surface area contributed by atoms with Crippen LogP contribution in [-0.2, 0) is 4.79 Å². The average Bonchev–Trinajstić information content (AvgIpc) is 2.54. The molecule has 0 aromatic heterocycles. The summed E-state index contributed by atoms with van der Waals surface area (Å²) in [4.78, 5) is 24.7. The minimum atomic E-state index is -0.840. The first-order valence-corrected chi connectivity index (χ1v) is 8.78. The number of hydrogen-bond donors (Lipinski definition) is 3. The van der Waals surface area contributed by atoms with Crippen LogP contribution >= 0.6 is 0 Å². The van der Waals surface area contributed by atoms with E-state index in [0.717, 1.165) is 12.8 Å². The van der Waals surface area contributed by atoms with Crippen LogP contribution in [0.25, 0.3) is 0 Å². The number of nitrogens with zero attached hydrogens (tertiary/aromatic N) is 1. The van der Waals surface area contributed by atoms with Gasteiger partial charge in [-0.05, 0) is 38.4 Å². The number of carbonyl (C=O) groups is 2. The molecule has 0 radical (unpaired) electrons. The van der Waals surface area contributed by atoms with Crippen molar-refractivity contribution in [2.75, 3.05) is 19.7 Å². The van der Waals surface area contributed by atoms with Gasteiger partial charge in [0.05, 0.1) is 12.6 Å². The molecule has 1 unspecified atom stereocenters. The van der Waals surface area contributed by atoms with Gasteiger partial charge in [-0.1, -0.05) is 13.0 Å². The Hall–Kier alpha value is -2.35. The van der Waals surface area contributed by atoms with E-state index in [-0.39, 0.29) is 43.1 Å². The minimum Gasteiger partial charge on any atom is -0.491 e. The quantitative estimate of drug-likeness (QED) is 0.619. The van der Waals surface area contributed by atoms with Crippen LogP contribution in [0, 0.1) is 5.82 Å². The van der Waals surface area contributed by atoms with Crippen molar-refractivity contribution in [3.63, 3.8) is 0 Å². The summed E-state index contributed by atoms with van der Waals surface area (Å²) in [7, 11) is 0. The van der Waals surface area contributed by atoms with Crippen LogP contribution in [0.2, 0.25) is 0 Å². The number of carboxylic acid groups (broad SMARTS) is 1. The number of nitrogens with one attached hydrogen (secondary N) is 2. The highest BCUT2D eigenvalue weighted by Crippen LogP contribution is 2.25. The third-order valence-electron chi connectivity index (χ3n) is 4.38. The molecular weight excluding hydrogens is 341 g/mol. The SMILES string of the molecule is CCN(CC(=O)O)C1CC(NC(=O)NC(C)COc2cccc(F)c2)C1. The van der Waals surface area contributed by atoms with Gasteiger partial charge in [-0.25, -0.2) is 9.18 Å². The Morgan fingerprint density at radius 2 is 2.15 bits per heavy atom. The van der Waals surface area contributed by atoms with E-state index in [4.69, 9.17) is 9.84 Å². The van der Waals surface area contributed by atoms with Gasteiger partial charge in [-0.15, -0.1) is 0 Å². The monoisotopic (exact) mass is 367 g/mol. The maximum atomic E-state index is 13.1. The fourth-order valence-electron chi connectivity index (χ4n) is 2.95. The molecule has 1 fully saturated rings. The molecule has 1 aliphatic rings. The van der Waals surface area contributed by atoms with Crippen LogP contribution in [0.3, 0.4) is 0 Å². The Labute approximate surface area is 152 Å². The zero-order valence-electron chi connectivity index (χ0n) is 15.1. The van der Waals surface area contributed by atoms with E-state index < -0.39 is 5.97 Å². The Morgan fingerprint density at radius 1 is 1.42 bits per heavy atom. The summed E-state index contributed by atoms with van der Waals surface area (Å²) in [5, 5.41) is 14.5. The number of carboxylic acids is 1. The highest BCUT2D eigenvalue weighted by Gasteiger charge is 2.34. The lowest BCUT2D eigenvalue weighted by atomic mass is 9.85. The predicted molar refractivity (Wildman–Crippen MR) is 94.7 cm³/mol. The second-order valence-corrected chi connectivity index (χ2v) is 6.57. The standard InChI is InChI=1S/C18H26FN3O4/c1-3-22(10-17(23)24)15-8-14(9-15)21-18(25)20-12(2)11-26-16-6-4-5-13(19)7-16/h4-7,12,14-15H,3,8-11H2,1-2H3,(H,23,24)(H2,20,21,25). The van der Waals surface area contributed by atoms with Crippen LogP contribution in [0.4, 0.5) is 9.18 Å². The molecule has 7 nitrogen and oxygen atoms in total. The van der Waals surface area contributed by atoms with E-state index in [2.05, 4.69) is 10.6 Å². The molecule has 1 atom stereocenters. The molecule has 144 valence electrons. The van der Waals surface area contributed by atoms with E-state index in [1.165, 1.54) is 12.1 Å². The first-order chi connectivity index (χ1) is 12.4. The van der Waals surface area contributed by atoms with Crippen LogP contribution < -0.4 is 15.4 Å². The van der Waals surface area contributed by atoms with Gasteiger partial charge >= 0.3 is 12.0 Å². The Morgan fingerprint density at radius 3 is 2.77 bits per heavy atom. The Bertz CT molecular complexity index is 622. The fraction of sp³-hybridized carbons (Fsp3) is 0.556.